The lowest BCUT2D eigenvalue weighted by molar-refractivity contribution is -0.135. The van der Waals surface area contributed by atoms with E-state index >= 15 is 0 Å². The number of halogens is 3. The summed E-state index contributed by atoms with van der Waals surface area (Å²) in [6, 6.07) is 0. The number of H-pyrrole nitrogens is 1. The molecule has 3 N–H and O–H groups in total. The number of sulfonamides is 1. The number of aryl methyl sites for hydroxylation is 1. The van der Waals surface area contributed by atoms with E-state index in [1.807, 2.05) is 0 Å². The van der Waals surface area contributed by atoms with Crippen LogP contribution in [0.15, 0.2) is 4.90 Å². The standard InChI is InChI=1S/C11H19F3N4O2S/c1-8-10(9(7-15-2)18-17-8)21(19,20)16-6-4-3-5-11(12,13)14/h15-16H,3-7H2,1-2H3,(H,17,18). The van der Waals surface area contributed by atoms with Crippen LogP contribution in [-0.4, -0.2) is 38.4 Å². The van der Waals surface area contributed by atoms with Gasteiger partial charge in [0.2, 0.25) is 10.0 Å². The smallest absolute Gasteiger partial charge is 0.314 e. The van der Waals surface area contributed by atoms with E-state index in [-0.39, 0.29) is 30.8 Å². The minimum Gasteiger partial charge on any atom is -0.314 e. The van der Waals surface area contributed by atoms with Crippen LogP contribution >= 0.6 is 0 Å². The summed E-state index contributed by atoms with van der Waals surface area (Å²) in [4.78, 5) is 0.0488. The van der Waals surface area contributed by atoms with Gasteiger partial charge >= 0.3 is 6.18 Å². The molecular weight excluding hydrogens is 309 g/mol. The first-order valence-electron chi connectivity index (χ1n) is 6.42. The summed E-state index contributed by atoms with van der Waals surface area (Å²) in [6.07, 6.45) is -5.11. The number of nitrogens with zero attached hydrogens (tertiary/aromatic N) is 1. The van der Waals surface area contributed by atoms with E-state index in [2.05, 4.69) is 20.2 Å². The van der Waals surface area contributed by atoms with Crippen LogP contribution in [0.3, 0.4) is 0 Å². The molecule has 1 aromatic heterocycles. The molecular formula is C11H19F3N4O2S. The summed E-state index contributed by atoms with van der Waals surface area (Å²) in [5.74, 6) is 0. The molecule has 10 heteroatoms. The summed E-state index contributed by atoms with van der Waals surface area (Å²) < 4.78 is 62.5. The Balaban J connectivity index is 2.60. The second-order valence-corrected chi connectivity index (χ2v) is 6.33. The number of nitrogens with one attached hydrogen (secondary N) is 3. The third-order valence-electron chi connectivity index (χ3n) is 2.75. The van der Waals surface area contributed by atoms with E-state index in [1.54, 1.807) is 14.0 Å². The number of aromatic amines is 1. The molecule has 1 aromatic rings. The zero-order chi connectivity index (χ0) is 16.1. The first-order valence-corrected chi connectivity index (χ1v) is 7.90. The van der Waals surface area contributed by atoms with Crippen LogP contribution < -0.4 is 10.0 Å². The number of aromatic nitrogens is 2. The summed E-state index contributed by atoms with van der Waals surface area (Å²) in [5, 5.41) is 9.29. The van der Waals surface area contributed by atoms with Crippen molar-refractivity contribution in [3.8, 4) is 0 Å². The number of hydrogen-bond acceptors (Lipinski definition) is 4. The molecule has 0 fully saturated rings. The van der Waals surface area contributed by atoms with Gasteiger partial charge in [0, 0.05) is 19.5 Å². The minimum atomic E-state index is -4.21. The third kappa shape index (κ3) is 5.64. The predicted octanol–water partition coefficient (Wildman–Crippen LogP) is 1.45. The van der Waals surface area contributed by atoms with Crippen molar-refractivity contribution in [3.63, 3.8) is 0 Å². The van der Waals surface area contributed by atoms with Gasteiger partial charge in [0.05, 0.1) is 11.4 Å². The lowest BCUT2D eigenvalue weighted by Crippen LogP contribution is -2.27. The van der Waals surface area contributed by atoms with Crippen LogP contribution in [0, 0.1) is 6.92 Å². The molecule has 1 heterocycles. The number of hydrogen-bond donors (Lipinski definition) is 3. The molecule has 0 aliphatic heterocycles. The van der Waals surface area contributed by atoms with Gasteiger partial charge < -0.3 is 5.32 Å². The molecule has 0 saturated heterocycles. The van der Waals surface area contributed by atoms with Gasteiger partial charge in [-0.1, -0.05) is 0 Å². The molecule has 1 rings (SSSR count). The SMILES string of the molecule is CNCc1n[nH]c(C)c1S(=O)(=O)NCCCCC(F)(F)F. The van der Waals surface area contributed by atoms with Gasteiger partial charge in [-0.2, -0.15) is 18.3 Å². The van der Waals surface area contributed by atoms with Crippen molar-refractivity contribution < 1.29 is 21.6 Å². The number of alkyl halides is 3. The Morgan fingerprint density at radius 3 is 2.52 bits per heavy atom. The molecule has 0 aromatic carbocycles. The fourth-order valence-corrected chi connectivity index (χ4v) is 3.28. The van der Waals surface area contributed by atoms with Crippen LogP contribution in [0.5, 0.6) is 0 Å². The van der Waals surface area contributed by atoms with Crippen molar-refractivity contribution >= 4 is 10.0 Å². The molecule has 0 radical (unpaired) electrons. The van der Waals surface area contributed by atoms with E-state index in [0.29, 0.717) is 11.4 Å². The number of rotatable bonds is 8. The molecule has 0 unspecified atom stereocenters. The van der Waals surface area contributed by atoms with Gasteiger partial charge in [0.15, 0.2) is 0 Å². The molecule has 0 saturated carbocycles. The maximum absolute atomic E-state index is 12.1. The van der Waals surface area contributed by atoms with E-state index in [4.69, 9.17) is 0 Å². The molecule has 6 nitrogen and oxygen atoms in total. The first kappa shape index (κ1) is 17.9. The van der Waals surface area contributed by atoms with Gasteiger partial charge in [0.25, 0.3) is 0 Å². The largest absolute Gasteiger partial charge is 0.389 e. The molecule has 21 heavy (non-hydrogen) atoms. The highest BCUT2D eigenvalue weighted by Gasteiger charge is 2.26. The zero-order valence-electron chi connectivity index (χ0n) is 11.8. The Morgan fingerprint density at radius 2 is 1.95 bits per heavy atom. The molecule has 0 spiro atoms. The Kier molecular flexibility index (Phi) is 6.17. The Bertz CT molecular complexity index is 554. The topological polar surface area (TPSA) is 86.9 Å². The summed E-state index contributed by atoms with van der Waals surface area (Å²) in [6.45, 7) is 1.81. The van der Waals surface area contributed by atoms with Crippen LogP contribution in [0.4, 0.5) is 13.2 Å². The highest BCUT2D eigenvalue weighted by Crippen LogP contribution is 2.22. The minimum absolute atomic E-state index is 0.0397. The average Bonchev–Trinajstić information content (AvgIpc) is 2.69. The molecule has 122 valence electrons. The second kappa shape index (κ2) is 7.23. The Labute approximate surface area is 121 Å². The first-order chi connectivity index (χ1) is 9.67. The summed E-state index contributed by atoms with van der Waals surface area (Å²) in [7, 11) is -2.12. The van der Waals surface area contributed by atoms with Gasteiger partial charge in [0.1, 0.15) is 4.90 Å². The molecule has 0 aliphatic carbocycles. The number of unbranched alkanes of at least 4 members (excludes halogenated alkanes) is 1. The van der Waals surface area contributed by atoms with Crippen LogP contribution in [0.25, 0.3) is 0 Å². The van der Waals surface area contributed by atoms with Crippen molar-refractivity contribution in [1.82, 2.24) is 20.2 Å². The van der Waals surface area contributed by atoms with E-state index in [0.717, 1.165) is 0 Å². The van der Waals surface area contributed by atoms with Crippen molar-refractivity contribution in [2.45, 2.75) is 43.8 Å². The average molecular weight is 328 g/mol. The Morgan fingerprint density at radius 1 is 1.29 bits per heavy atom. The normalized spacial score (nSPS) is 12.8. The highest BCUT2D eigenvalue weighted by atomic mass is 32.2. The van der Waals surface area contributed by atoms with E-state index in [9.17, 15) is 21.6 Å². The lowest BCUT2D eigenvalue weighted by Gasteiger charge is -2.09. The Hall–Kier alpha value is -1.13. The predicted molar refractivity (Wildman–Crippen MR) is 71.2 cm³/mol. The highest BCUT2D eigenvalue weighted by molar-refractivity contribution is 7.89. The van der Waals surface area contributed by atoms with Crippen LogP contribution in [0.2, 0.25) is 0 Å². The molecule has 0 amide bonds. The fraction of sp³-hybridized carbons (Fsp3) is 0.727. The zero-order valence-corrected chi connectivity index (χ0v) is 12.7. The maximum Gasteiger partial charge on any atom is 0.389 e. The second-order valence-electron chi connectivity index (χ2n) is 4.62. The summed E-state index contributed by atoms with van der Waals surface area (Å²) in [5.41, 5.74) is 0.737. The molecule has 0 aliphatic rings. The van der Waals surface area contributed by atoms with Crippen molar-refractivity contribution in [1.29, 1.82) is 0 Å². The maximum atomic E-state index is 12.1. The fourth-order valence-electron chi connectivity index (χ4n) is 1.84. The quantitative estimate of drug-likeness (QED) is 0.630. The molecule has 0 atom stereocenters. The van der Waals surface area contributed by atoms with Crippen LogP contribution in [0.1, 0.15) is 30.7 Å². The summed E-state index contributed by atoms with van der Waals surface area (Å²) >= 11 is 0. The van der Waals surface area contributed by atoms with Crippen molar-refractivity contribution in [2.75, 3.05) is 13.6 Å². The van der Waals surface area contributed by atoms with E-state index in [1.165, 1.54) is 0 Å². The van der Waals surface area contributed by atoms with E-state index < -0.39 is 22.6 Å². The van der Waals surface area contributed by atoms with Gasteiger partial charge in [-0.25, -0.2) is 13.1 Å². The van der Waals surface area contributed by atoms with Crippen molar-refractivity contribution in [3.05, 3.63) is 11.4 Å². The lowest BCUT2D eigenvalue weighted by atomic mass is 10.2. The van der Waals surface area contributed by atoms with Gasteiger partial charge in [-0.05, 0) is 26.8 Å². The monoisotopic (exact) mass is 328 g/mol. The van der Waals surface area contributed by atoms with Gasteiger partial charge in [-0.3, -0.25) is 5.10 Å². The van der Waals surface area contributed by atoms with Crippen LogP contribution in [-0.2, 0) is 16.6 Å². The third-order valence-corrected chi connectivity index (χ3v) is 4.42. The van der Waals surface area contributed by atoms with Crippen molar-refractivity contribution in [2.24, 2.45) is 0 Å². The molecule has 0 bridgehead atoms. The van der Waals surface area contributed by atoms with Gasteiger partial charge in [-0.15, -0.1) is 0 Å².